The van der Waals surface area contributed by atoms with Crippen LogP contribution in [0.15, 0.2) is 77.9 Å². The highest BCUT2D eigenvalue weighted by Gasteiger charge is 2.09. The summed E-state index contributed by atoms with van der Waals surface area (Å²) in [6.45, 7) is 1.91. The van der Waals surface area contributed by atoms with E-state index in [0.717, 1.165) is 11.1 Å². The summed E-state index contributed by atoms with van der Waals surface area (Å²) in [6.07, 6.45) is 1.49. The number of carbonyl (C=O) groups is 2. The number of ether oxygens (including phenoxy) is 1. The molecule has 28 heavy (non-hydrogen) atoms. The molecule has 3 aromatic rings. The third-order valence-electron chi connectivity index (χ3n) is 3.84. The topological polar surface area (TPSA) is 67.8 Å². The smallest absolute Gasteiger partial charge is 0.343 e. The van der Waals surface area contributed by atoms with Gasteiger partial charge in [0.05, 0.1) is 22.4 Å². The Morgan fingerprint density at radius 2 is 1.75 bits per heavy atom. The van der Waals surface area contributed by atoms with Crippen molar-refractivity contribution in [3.8, 4) is 5.75 Å². The van der Waals surface area contributed by atoms with E-state index in [9.17, 15) is 9.59 Å². The number of benzene rings is 3. The van der Waals surface area contributed by atoms with Crippen molar-refractivity contribution in [1.29, 1.82) is 0 Å². The molecular formula is C22H17ClN2O3. The Hall–Kier alpha value is -3.44. The number of carbonyl (C=O) groups excluding carboxylic acids is 2. The summed E-state index contributed by atoms with van der Waals surface area (Å²) in [5, 5.41) is 4.27. The number of amides is 1. The summed E-state index contributed by atoms with van der Waals surface area (Å²) < 4.78 is 5.36. The summed E-state index contributed by atoms with van der Waals surface area (Å²) in [5.74, 6) is -0.397. The Bertz CT molecular complexity index is 1030. The van der Waals surface area contributed by atoms with Gasteiger partial charge in [0, 0.05) is 0 Å². The Balaban J connectivity index is 1.58. The number of halogens is 1. The Kier molecular flexibility index (Phi) is 6.19. The molecule has 0 radical (unpaired) electrons. The molecule has 1 amide bonds. The van der Waals surface area contributed by atoms with Crippen molar-refractivity contribution in [2.24, 2.45) is 5.10 Å². The normalized spacial score (nSPS) is 10.6. The SMILES string of the molecule is Cc1cccc(C(=O)Oc2ccc(/C=N/NC(=O)c3ccccc3Cl)cc2)c1. The lowest BCUT2D eigenvalue weighted by Gasteiger charge is -2.05. The zero-order chi connectivity index (χ0) is 19.9. The molecule has 0 heterocycles. The van der Waals surface area contributed by atoms with Crippen LogP contribution in [0, 0.1) is 6.92 Å². The van der Waals surface area contributed by atoms with Gasteiger partial charge in [-0.3, -0.25) is 4.79 Å². The highest BCUT2D eigenvalue weighted by atomic mass is 35.5. The predicted molar refractivity (Wildman–Crippen MR) is 109 cm³/mol. The lowest BCUT2D eigenvalue weighted by Crippen LogP contribution is -2.17. The van der Waals surface area contributed by atoms with Crippen LogP contribution in [0.3, 0.4) is 0 Å². The fraction of sp³-hybridized carbons (Fsp3) is 0.0455. The van der Waals surface area contributed by atoms with Crippen LogP contribution in [0.2, 0.25) is 5.02 Å². The summed E-state index contributed by atoms with van der Waals surface area (Å²) in [5.41, 5.74) is 4.98. The first-order chi connectivity index (χ1) is 13.5. The van der Waals surface area contributed by atoms with E-state index in [-0.39, 0.29) is 0 Å². The van der Waals surface area contributed by atoms with E-state index in [1.807, 2.05) is 19.1 Å². The molecule has 3 rings (SSSR count). The maximum absolute atomic E-state index is 12.2. The van der Waals surface area contributed by atoms with Gasteiger partial charge in [-0.05, 0) is 61.0 Å². The quantitative estimate of drug-likeness (QED) is 0.298. The number of hydrazone groups is 1. The van der Waals surface area contributed by atoms with Crippen molar-refractivity contribution in [3.63, 3.8) is 0 Å². The second-order valence-corrected chi connectivity index (χ2v) is 6.41. The van der Waals surface area contributed by atoms with Gasteiger partial charge in [-0.1, -0.05) is 41.4 Å². The van der Waals surface area contributed by atoms with Gasteiger partial charge >= 0.3 is 5.97 Å². The Morgan fingerprint density at radius 1 is 1.00 bits per heavy atom. The molecule has 0 aromatic heterocycles. The molecule has 0 spiro atoms. The van der Waals surface area contributed by atoms with E-state index in [4.69, 9.17) is 16.3 Å². The van der Waals surface area contributed by atoms with Crippen LogP contribution in [0.25, 0.3) is 0 Å². The molecule has 0 saturated heterocycles. The van der Waals surface area contributed by atoms with Crippen molar-refractivity contribution < 1.29 is 14.3 Å². The number of nitrogens with one attached hydrogen (secondary N) is 1. The number of rotatable bonds is 5. The van der Waals surface area contributed by atoms with Gasteiger partial charge < -0.3 is 4.74 Å². The van der Waals surface area contributed by atoms with Crippen LogP contribution >= 0.6 is 11.6 Å². The number of aryl methyl sites for hydroxylation is 1. The Morgan fingerprint density at radius 3 is 2.46 bits per heavy atom. The average Bonchev–Trinajstić information content (AvgIpc) is 2.69. The minimum Gasteiger partial charge on any atom is -0.423 e. The molecule has 1 N–H and O–H groups in total. The summed E-state index contributed by atoms with van der Waals surface area (Å²) in [7, 11) is 0. The second kappa shape index (κ2) is 8.97. The van der Waals surface area contributed by atoms with E-state index in [1.165, 1.54) is 6.21 Å². The number of hydrogen-bond acceptors (Lipinski definition) is 4. The van der Waals surface area contributed by atoms with Crippen molar-refractivity contribution in [2.45, 2.75) is 6.92 Å². The fourth-order valence-corrected chi connectivity index (χ4v) is 2.65. The van der Waals surface area contributed by atoms with Gasteiger partial charge in [0.2, 0.25) is 0 Å². The van der Waals surface area contributed by atoms with Gasteiger partial charge in [0.1, 0.15) is 5.75 Å². The molecule has 0 aliphatic rings. The molecule has 0 aliphatic heterocycles. The largest absolute Gasteiger partial charge is 0.423 e. The van der Waals surface area contributed by atoms with E-state index in [2.05, 4.69) is 10.5 Å². The number of esters is 1. The fourth-order valence-electron chi connectivity index (χ4n) is 2.43. The summed E-state index contributed by atoms with van der Waals surface area (Å²) in [6, 6.07) is 20.7. The number of nitrogens with zero attached hydrogens (tertiary/aromatic N) is 1. The molecule has 140 valence electrons. The summed E-state index contributed by atoms with van der Waals surface area (Å²) >= 11 is 5.97. The maximum Gasteiger partial charge on any atom is 0.343 e. The zero-order valence-corrected chi connectivity index (χ0v) is 15.8. The van der Waals surface area contributed by atoms with Crippen LogP contribution in [0.5, 0.6) is 5.75 Å². The highest BCUT2D eigenvalue weighted by Crippen LogP contribution is 2.15. The molecule has 0 aliphatic carbocycles. The van der Waals surface area contributed by atoms with E-state index in [1.54, 1.807) is 60.7 Å². The molecule has 0 fully saturated rings. The van der Waals surface area contributed by atoms with E-state index >= 15 is 0 Å². The monoisotopic (exact) mass is 392 g/mol. The predicted octanol–water partition coefficient (Wildman–Crippen LogP) is 4.63. The first kappa shape index (κ1) is 19.3. The molecular weight excluding hydrogens is 376 g/mol. The third-order valence-corrected chi connectivity index (χ3v) is 4.17. The molecule has 5 nitrogen and oxygen atoms in total. The lowest BCUT2D eigenvalue weighted by atomic mass is 10.1. The van der Waals surface area contributed by atoms with Crippen molar-refractivity contribution in [1.82, 2.24) is 5.43 Å². The molecule has 0 bridgehead atoms. The van der Waals surface area contributed by atoms with E-state index in [0.29, 0.717) is 21.9 Å². The van der Waals surface area contributed by atoms with Gasteiger partial charge in [-0.25, -0.2) is 10.2 Å². The van der Waals surface area contributed by atoms with Crippen molar-refractivity contribution >= 4 is 29.7 Å². The minimum atomic E-state index is -0.419. The van der Waals surface area contributed by atoms with Crippen LogP contribution in [-0.2, 0) is 0 Å². The van der Waals surface area contributed by atoms with Crippen LogP contribution in [0.4, 0.5) is 0 Å². The third kappa shape index (κ3) is 5.05. The lowest BCUT2D eigenvalue weighted by molar-refractivity contribution is 0.0734. The first-order valence-corrected chi connectivity index (χ1v) is 8.87. The van der Waals surface area contributed by atoms with Crippen LogP contribution < -0.4 is 10.2 Å². The molecule has 0 saturated carbocycles. The first-order valence-electron chi connectivity index (χ1n) is 8.50. The van der Waals surface area contributed by atoms with Crippen LogP contribution in [0.1, 0.15) is 31.8 Å². The average molecular weight is 393 g/mol. The molecule has 6 heteroatoms. The van der Waals surface area contributed by atoms with Gasteiger partial charge in [0.25, 0.3) is 5.91 Å². The second-order valence-electron chi connectivity index (χ2n) is 6.01. The van der Waals surface area contributed by atoms with Gasteiger partial charge in [-0.2, -0.15) is 5.10 Å². The highest BCUT2D eigenvalue weighted by molar-refractivity contribution is 6.33. The van der Waals surface area contributed by atoms with Crippen molar-refractivity contribution in [3.05, 3.63) is 100 Å². The van der Waals surface area contributed by atoms with Crippen molar-refractivity contribution in [2.75, 3.05) is 0 Å². The molecule has 0 unspecified atom stereocenters. The number of hydrogen-bond donors (Lipinski definition) is 1. The standard InChI is InChI=1S/C22H17ClN2O3/c1-15-5-4-6-17(13-15)22(27)28-18-11-9-16(10-12-18)14-24-25-21(26)19-7-2-3-8-20(19)23/h2-14H,1H3,(H,25,26)/b24-14+. The minimum absolute atomic E-state index is 0.347. The van der Waals surface area contributed by atoms with Crippen LogP contribution in [-0.4, -0.2) is 18.1 Å². The molecule has 0 atom stereocenters. The summed E-state index contributed by atoms with van der Waals surface area (Å²) in [4.78, 5) is 24.2. The van der Waals surface area contributed by atoms with Gasteiger partial charge in [-0.15, -0.1) is 0 Å². The van der Waals surface area contributed by atoms with E-state index < -0.39 is 11.9 Å². The zero-order valence-electron chi connectivity index (χ0n) is 15.1. The maximum atomic E-state index is 12.2. The van der Waals surface area contributed by atoms with Gasteiger partial charge in [0.15, 0.2) is 0 Å². The Labute approximate surface area is 167 Å². The molecule has 3 aromatic carbocycles.